The molecule has 0 saturated carbocycles. The van der Waals surface area contributed by atoms with Gasteiger partial charge in [0.1, 0.15) is 24.1 Å². The predicted octanol–water partition coefficient (Wildman–Crippen LogP) is 6.74. The van der Waals surface area contributed by atoms with Gasteiger partial charge in [0, 0.05) is 12.2 Å². The Kier molecular flexibility index (Phi) is 12.2. The Hall–Kier alpha value is -4.56. The average Bonchev–Trinajstić information content (AvgIpc) is 3.08. The Morgan fingerprint density at radius 1 is 0.756 bits per heavy atom. The molecule has 0 bridgehead atoms. The van der Waals surface area contributed by atoms with Crippen molar-refractivity contribution < 1.29 is 29.0 Å². The van der Waals surface area contributed by atoms with Gasteiger partial charge in [0.05, 0.1) is 17.3 Å². The molecule has 45 heavy (non-hydrogen) atoms. The van der Waals surface area contributed by atoms with Crippen LogP contribution in [0.2, 0.25) is 0 Å². The topological polar surface area (TPSA) is 102 Å². The van der Waals surface area contributed by atoms with Gasteiger partial charge in [0.25, 0.3) is 0 Å². The molecule has 4 aromatic carbocycles. The average molecular weight is 626 g/mol. The largest absolute Gasteiger partial charge is 0.494 e. The molecule has 0 saturated heterocycles. The maximum absolute atomic E-state index is 13.7. The number of carbonyl (C=O) groups excluding carboxylic acids is 2. The Bertz CT molecular complexity index is 1420. The van der Waals surface area contributed by atoms with Gasteiger partial charge in [-0.05, 0) is 54.3 Å². The molecule has 1 amide bonds. The number of thioether (sulfide) groups is 1. The van der Waals surface area contributed by atoms with Gasteiger partial charge >= 0.3 is 5.97 Å². The lowest BCUT2D eigenvalue weighted by Crippen LogP contribution is -2.45. The van der Waals surface area contributed by atoms with Crippen molar-refractivity contribution >= 4 is 29.4 Å². The summed E-state index contributed by atoms with van der Waals surface area (Å²) in [6.07, 6.45) is 0.155. The van der Waals surface area contributed by atoms with E-state index >= 15 is 0 Å². The number of Topliss-reactive ketones (excluding diaryl/α,β-unsaturated/α-hetero) is 1. The molecular weight excluding hydrogens is 586 g/mol. The van der Waals surface area contributed by atoms with E-state index in [1.165, 1.54) is 0 Å². The predicted molar refractivity (Wildman–Crippen MR) is 178 cm³/mol. The molecule has 234 valence electrons. The van der Waals surface area contributed by atoms with Crippen LogP contribution in [0.1, 0.15) is 43.4 Å². The normalized spacial score (nSPS) is 12.5. The smallest absolute Gasteiger partial charge is 0.306 e. The monoisotopic (exact) mass is 625 g/mol. The summed E-state index contributed by atoms with van der Waals surface area (Å²) in [4.78, 5) is 38.1. The van der Waals surface area contributed by atoms with Crippen molar-refractivity contribution in [1.29, 1.82) is 0 Å². The van der Waals surface area contributed by atoms with Crippen LogP contribution in [0.25, 0.3) is 0 Å². The second kappa shape index (κ2) is 16.5. The van der Waals surface area contributed by atoms with Crippen LogP contribution in [0.15, 0.2) is 115 Å². The fraction of sp³-hybridized carbons (Fsp3) is 0.270. The molecule has 2 N–H and O–H groups in total. The minimum Gasteiger partial charge on any atom is -0.494 e. The second-order valence-corrected chi connectivity index (χ2v) is 11.9. The van der Waals surface area contributed by atoms with Crippen molar-refractivity contribution in [3.63, 3.8) is 0 Å². The summed E-state index contributed by atoms with van der Waals surface area (Å²) in [6, 6.07) is 36.5. The Balaban J connectivity index is 1.63. The highest BCUT2D eigenvalue weighted by Gasteiger charge is 2.38. The van der Waals surface area contributed by atoms with Crippen LogP contribution in [0.5, 0.6) is 11.5 Å². The Morgan fingerprint density at radius 2 is 1.22 bits per heavy atom. The van der Waals surface area contributed by atoms with E-state index in [2.05, 4.69) is 41.7 Å². The van der Waals surface area contributed by atoms with Gasteiger partial charge in [-0.3, -0.25) is 14.4 Å². The number of amides is 1. The molecule has 0 radical (unpaired) electrons. The van der Waals surface area contributed by atoms with Gasteiger partial charge < -0.3 is 19.9 Å². The summed E-state index contributed by atoms with van der Waals surface area (Å²) in [5, 5.41) is 12.2. The van der Waals surface area contributed by atoms with E-state index < -0.39 is 22.7 Å². The number of ether oxygens (including phenoxy) is 2. The highest BCUT2D eigenvalue weighted by atomic mass is 32.2. The lowest BCUT2D eigenvalue weighted by molar-refractivity contribution is -0.141. The second-order valence-electron chi connectivity index (χ2n) is 10.6. The summed E-state index contributed by atoms with van der Waals surface area (Å²) in [7, 11) is 0. The first kappa shape index (κ1) is 33.3. The summed E-state index contributed by atoms with van der Waals surface area (Å²) in [5.74, 6) is -0.867. The third-order valence-corrected chi connectivity index (χ3v) is 9.11. The van der Waals surface area contributed by atoms with Crippen molar-refractivity contribution in [2.45, 2.75) is 37.5 Å². The van der Waals surface area contributed by atoms with Gasteiger partial charge in [-0.25, -0.2) is 0 Å². The van der Waals surface area contributed by atoms with E-state index in [1.807, 2.05) is 61.5 Å². The molecule has 0 aliphatic heterocycles. The first-order valence-electron chi connectivity index (χ1n) is 15.0. The van der Waals surface area contributed by atoms with Crippen LogP contribution in [0.3, 0.4) is 0 Å². The molecule has 4 aromatic rings. The highest BCUT2D eigenvalue weighted by molar-refractivity contribution is 8.00. The summed E-state index contributed by atoms with van der Waals surface area (Å²) in [5.41, 5.74) is 3.10. The molecule has 0 heterocycles. The number of carbonyl (C=O) groups is 3. The van der Waals surface area contributed by atoms with E-state index in [0.717, 1.165) is 16.7 Å². The molecular formula is C37H39NO6S. The molecule has 0 aliphatic rings. The number of carboxylic acid groups (broad SMARTS) is 1. The van der Waals surface area contributed by atoms with Crippen molar-refractivity contribution in [2.75, 3.05) is 19.0 Å². The molecule has 0 spiro atoms. The van der Waals surface area contributed by atoms with Gasteiger partial charge in [0.15, 0.2) is 5.78 Å². The van der Waals surface area contributed by atoms with Crippen molar-refractivity contribution in [3.05, 3.63) is 132 Å². The van der Waals surface area contributed by atoms with Crippen LogP contribution in [0.4, 0.5) is 0 Å². The molecule has 0 aromatic heterocycles. The molecule has 8 heteroatoms. The van der Waals surface area contributed by atoms with Crippen molar-refractivity contribution in [1.82, 2.24) is 5.32 Å². The molecule has 7 nitrogen and oxygen atoms in total. The van der Waals surface area contributed by atoms with Crippen molar-refractivity contribution in [2.24, 2.45) is 5.92 Å². The standard InChI is InChI=1S/C37H39NO6S/c1-3-43-31-20-22-32(23-21-31)44-25-34(39)33(38-35(40)24-19-27(2)36(41)42)26-45-37(28-13-7-4-8-14-28,29-15-9-5-10-16-29)30-17-11-6-12-18-30/h4-18,20-23,27,33H,3,19,24-26H2,1-2H3,(H,38,40)(H,41,42)/t27-,33-/m0/s1. The number of hydrogen-bond acceptors (Lipinski definition) is 6. The lowest BCUT2D eigenvalue weighted by Gasteiger charge is -2.36. The summed E-state index contributed by atoms with van der Waals surface area (Å²) in [6.45, 7) is 3.76. The quantitative estimate of drug-likeness (QED) is 0.125. The zero-order valence-electron chi connectivity index (χ0n) is 25.6. The number of rotatable bonds is 17. The third-order valence-electron chi connectivity index (χ3n) is 7.47. The molecule has 0 aliphatic carbocycles. The van der Waals surface area contributed by atoms with Gasteiger partial charge in [-0.2, -0.15) is 0 Å². The number of hydrogen-bond donors (Lipinski definition) is 2. The highest BCUT2D eigenvalue weighted by Crippen LogP contribution is 2.48. The van der Waals surface area contributed by atoms with Gasteiger partial charge in [0.2, 0.25) is 5.91 Å². The van der Waals surface area contributed by atoms with Gasteiger partial charge in [-0.1, -0.05) is 97.9 Å². The van der Waals surface area contributed by atoms with Gasteiger partial charge in [-0.15, -0.1) is 11.8 Å². The molecule has 0 fully saturated rings. The minimum absolute atomic E-state index is 0.0111. The first-order chi connectivity index (χ1) is 21.8. The number of benzene rings is 4. The zero-order chi connectivity index (χ0) is 32.1. The minimum atomic E-state index is -0.965. The number of nitrogens with one attached hydrogen (secondary N) is 1. The van der Waals surface area contributed by atoms with Crippen LogP contribution < -0.4 is 14.8 Å². The first-order valence-corrected chi connectivity index (χ1v) is 16.0. The summed E-state index contributed by atoms with van der Waals surface area (Å²) < 4.78 is 10.6. The van der Waals surface area contributed by atoms with Crippen LogP contribution in [-0.4, -0.2) is 47.8 Å². The lowest BCUT2D eigenvalue weighted by atomic mass is 9.84. The molecule has 2 atom stereocenters. The van der Waals surface area contributed by atoms with Crippen LogP contribution in [-0.2, 0) is 19.1 Å². The maximum atomic E-state index is 13.7. The molecule has 4 rings (SSSR count). The number of carboxylic acids is 1. The molecule has 0 unspecified atom stereocenters. The van der Waals surface area contributed by atoms with E-state index in [0.29, 0.717) is 18.1 Å². The fourth-order valence-electron chi connectivity index (χ4n) is 4.98. The number of aliphatic carboxylic acids is 1. The van der Waals surface area contributed by atoms with E-state index in [4.69, 9.17) is 9.47 Å². The SMILES string of the molecule is CCOc1ccc(OCC(=O)[C@H](CSC(c2ccccc2)(c2ccccc2)c2ccccc2)NC(=O)CC[C@H](C)C(=O)O)cc1. The zero-order valence-corrected chi connectivity index (χ0v) is 26.4. The van der Waals surface area contributed by atoms with Crippen molar-refractivity contribution in [3.8, 4) is 11.5 Å². The third kappa shape index (κ3) is 8.99. The van der Waals surface area contributed by atoms with Crippen LogP contribution in [0, 0.1) is 5.92 Å². The van der Waals surface area contributed by atoms with E-state index in [9.17, 15) is 19.5 Å². The number of ketones is 1. The summed E-state index contributed by atoms with van der Waals surface area (Å²) >= 11 is 1.56. The fourth-order valence-corrected chi connectivity index (χ4v) is 6.58. The van der Waals surface area contributed by atoms with Crippen LogP contribution >= 0.6 is 11.8 Å². The Labute approximate surface area is 269 Å². The van der Waals surface area contributed by atoms with E-state index in [-0.39, 0.29) is 36.9 Å². The van der Waals surface area contributed by atoms with E-state index in [1.54, 1.807) is 43.0 Å². The maximum Gasteiger partial charge on any atom is 0.306 e. The Morgan fingerprint density at radius 3 is 1.67 bits per heavy atom.